The molecule has 6 nitrogen and oxygen atoms in total. The molecule has 0 bridgehead atoms. The maximum atomic E-state index is 11.1. The first-order valence-corrected chi connectivity index (χ1v) is 7.30. The van der Waals surface area contributed by atoms with Crippen LogP contribution in [0.5, 0.6) is 0 Å². The summed E-state index contributed by atoms with van der Waals surface area (Å²) < 4.78 is 1.79. The van der Waals surface area contributed by atoms with Crippen LogP contribution in [0.15, 0.2) is 55.0 Å². The van der Waals surface area contributed by atoms with Crippen molar-refractivity contribution in [3.8, 4) is 5.69 Å². The number of nitrogens with zero attached hydrogens (tertiary/aromatic N) is 3. The van der Waals surface area contributed by atoms with Gasteiger partial charge in [0.15, 0.2) is 0 Å². The summed E-state index contributed by atoms with van der Waals surface area (Å²) in [4.78, 5) is 15.3. The van der Waals surface area contributed by atoms with Crippen molar-refractivity contribution < 1.29 is 4.79 Å². The quantitative estimate of drug-likeness (QED) is 0.754. The van der Waals surface area contributed by atoms with E-state index in [-0.39, 0.29) is 5.56 Å². The lowest BCUT2D eigenvalue weighted by Gasteiger charge is -2.12. The predicted octanol–water partition coefficient (Wildman–Crippen LogP) is 2.63. The Hall–Kier alpha value is -2.86. The molecule has 0 unspecified atom stereocenters. The van der Waals surface area contributed by atoms with E-state index in [0.717, 1.165) is 11.3 Å². The van der Waals surface area contributed by atoms with Gasteiger partial charge in [-0.3, -0.25) is 4.79 Å². The van der Waals surface area contributed by atoms with Gasteiger partial charge < -0.3 is 11.1 Å². The molecule has 2 heterocycles. The maximum Gasteiger partial charge on any atom is 0.250 e. The van der Waals surface area contributed by atoms with Gasteiger partial charge in [-0.2, -0.15) is 5.10 Å². The topological polar surface area (TPSA) is 85.8 Å². The summed E-state index contributed by atoms with van der Waals surface area (Å²) in [6.45, 7) is 0.513. The molecule has 3 N–H and O–H groups in total. The second-order valence-corrected chi connectivity index (χ2v) is 5.26. The fourth-order valence-electron chi connectivity index (χ4n) is 2.18. The molecule has 0 spiro atoms. The zero-order valence-electron chi connectivity index (χ0n) is 12.1. The number of hydrogen-bond acceptors (Lipinski definition) is 4. The summed E-state index contributed by atoms with van der Waals surface area (Å²) in [6.07, 6.45) is 5.01. The van der Waals surface area contributed by atoms with Crippen molar-refractivity contribution in [3.05, 3.63) is 71.1 Å². The number of primary amides is 1. The highest BCUT2D eigenvalue weighted by Crippen LogP contribution is 2.22. The van der Waals surface area contributed by atoms with Gasteiger partial charge in [0.25, 0.3) is 0 Å². The average molecular weight is 328 g/mol. The van der Waals surface area contributed by atoms with Gasteiger partial charge in [-0.25, -0.2) is 9.67 Å². The Morgan fingerprint density at radius 1 is 1.30 bits per heavy atom. The number of anilines is 1. The number of nitrogens with one attached hydrogen (secondary N) is 1. The number of para-hydroxylation sites is 1. The molecule has 23 heavy (non-hydrogen) atoms. The van der Waals surface area contributed by atoms with Gasteiger partial charge in [0.2, 0.25) is 5.91 Å². The Bertz CT molecular complexity index is 832. The number of carbonyl (C=O) groups is 1. The van der Waals surface area contributed by atoms with Gasteiger partial charge >= 0.3 is 0 Å². The number of hydrogen-bond donors (Lipinski definition) is 2. The van der Waals surface area contributed by atoms with Crippen LogP contribution < -0.4 is 11.1 Å². The van der Waals surface area contributed by atoms with Crippen molar-refractivity contribution in [2.75, 3.05) is 5.32 Å². The second-order valence-electron chi connectivity index (χ2n) is 4.85. The van der Waals surface area contributed by atoms with Crippen LogP contribution in [0.1, 0.15) is 15.9 Å². The van der Waals surface area contributed by atoms with Crippen LogP contribution in [-0.2, 0) is 6.54 Å². The fraction of sp³-hybridized carbons (Fsp3) is 0.0625. The van der Waals surface area contributed by atoms with E-state index < -0.39 is 5.91 Å². The van der Waals surface area contributed by atoms with E-state index in [2.05, 4.69) is 15.4 Å². The van der Waals surface area contributed by atoms with Gasteiger partial charge in [-0.05, 0) is 23.8 Å². The van der Waals surface area contributed by atoms with Crippen molar-refractivity contribution in [2.24, 2.45) is 5.73 Å². The molecule has 116 valence electrons. The van der Waals surface area contributed by atoms with Crippen molar-refractivity contribution in [2.45, 2.75) is 6.54 Å². The minimum atomic E-state index is -0.560. The second kappa shape index (κ2) is 6.50. The maximum absolute atomic E-state index is 11.1. The summed E-state index contributed by atoms with van der Waals surface area (Å²) in [6, 6.07) is 11.2. The molecule has 0 radical (unpaired) electrons. The van der Waals surface area contributed by atoms with E-state index in [1.165, 1.54) is 12.3 Å². The summed E-state index contributed by atoms with van der Waals surface area (Å²) in [5.74, 6) is -0.0677. The lowest BCUT2D eigenvalue weighted by atomic mass is 10.1. The lowest BCUT2D eigenvalue weighted by molar-refractivity contribution is 0.1000. The van der Waals surface area contributed by atoms with Gasteiger partial charge in [0.05, 0.1) is 16.3 Å². The first kappa shape index (κ1) is 15.1. The van der Waals surface area contributed by atoms with Crippen LogP contribution in [0.4, 0.5) is 5.82 Å². The normalized spacial score (nSPS) is 10.5. The number of benzene rings is 1. The molecule has 0 saturated heterocycles. The first-order valence-electron chi connectivity index (χ1n) is 6.92. The molecule has 0 aliphatic rings. The number of aromatic nitrogens is 3. The Morgan fingerprint density at radius 3 is 2.83 bits per heavy atom. The van der Waals surface area contributed by atoms with Crippen molar-refractivity contribution in [1.82, 2.24) is 14.8 Å². The largest absolute Gasteiger partial charge is 0.366 e. The molecule has 0 aliphatic heterocycles. The predicted molar refractivity (Wildman–Crippen MR) is 88.7 cm³/mol. The molecule has 2 aromatic heterocycles. The molecule has 1 aromatic carbocycles. The van der Waals surface area contributed by atoms with Gasteiger partial charge in [-0.15, -0.1) is 0 Å². The van der Waals surface area contributed by atoms with Gasteiger partial charge in [0.1, 0.15) is 5.82 Å². The average Bonchev–Trinajstić information content (AvgIpc) is 3.08. The molecule has 0 saturated carbocycles. The van der Waals surface area contributed by atoms with Crippen molar-refractivity contribution in [3.63, 3.8) is 0 Å². The van der Waals surface area contributed by atoms with E-state index in [0.29, 0.717) is 17.4 Å². The summed E-state index contributed by atoms with van der Waals surface area (Å²) >= 11 is 6.13. The third-order valence-electron chi connectivity index (χ3n) is 3.31. The van der Waals surface area contributed by atoms with Gasteiger partial charge in [-0.1, -0.05) is 29.8 Å². The van der Waals surface area contributed by atoms with Crippen LogP contribution >= 0.6 is 11.6 Å². The number of carbonyl (C=O) groups excluding carboxylic acids is 1. The van der Waals surface area contributed by atoms with E-state index in [1.54, 1.807) is 10.9 Å². The Labute approximate surface area is 137 Å². The van der Waals surface area contributed by atoms with Crippen LogP contribution in [-0.4, -0.2) is 20.7 Å². The van der Waals surface area contributed by atoms with Crippen molar-refractivity contribution >= 4 is 23.3 Å². The van der Waals surface area contributed by atoms with Crippen LogP contribution in [0.25, 0.3) is 5.69 Å². The highest BCUT2D eigenvalue weighted by molar-refractivity contribution is 6.33. The number of pyridine rings is 1. The van der Waals surface area contributed by atoms with Crippen molar-refractivity contribution in [1.29, 1.82) is 0 Å². The first-order chi connectivity index (χ1) is 11.1. The third-order valence-corrected chi connectivity index (χ3v) is 3.60. The molecule has 7 heteroatoms. The molecule has 1 amide bonds. The van der Waals surface area contributed by atoms with E-state index in [9.17, 15) is 4.79 Å². The van der Waals surface area contributed by atoms with E-state index in [1.807, 2.05) is 36.5 Å². The molecular weight excluding hydrogens is 314 g/mol. The minimum Gasteiger partial charge on any atom is -0.366 e. The Morgan fingerprint density at radius 2 is 2.13 bits per heavy atom. The minimum absolute atomic E-state index is 0.275. The van der Waals surface area contributed by atoms with Crippen LogP contribution in [0.3, 0.4) is 0 Å². The molecular formula is C16H14ClN5O. The molecule has 0 aliphatic carbocycles. The molecule has 0 fully saturated rings. The van der Waals surface area contributed by atoms with Crippen LogP contribution in [0, 0.1) is 0 Å². The number of amides is 1. The summed E-state index contributed by atoms with van der Waals surface area (Å²) in [5, 5.41) is 7.75. The smallest absolute Gasteiger partial charge is 0.250 e. The number of halogens is 1. The van der Waals surface area contributed by atoms with Crippen LogP contribution in [0.2, 0.25) is 5.02 Å². The fourth-order valence-corrected chi connectivity index (χ4v) is 2.41. The highest BCUT2D eigenvalue weighted by Gasteiger charge is 2.09. The molecule has 3 aromatic rings. The van der Waals surface area contributed by atoms with E-state index in [4.69, 9.17) is 17.3 Å². The standard InChI is InChI=1S/C16H14ClN5O/c17-13-8-12(15(18)23)10-20-16(13)19-9-11-4-1-2-5-14(11)22-7-3-6-21-22/h1-8,10H,9H2,(H2,18,23)(H,19,20). The zero-order chi connectivity index (χ0) is 16.2. The summed E-state index contributed by atoms with van der Waals surface area (Å²) in [5.41, 5.74) is 7.48. The van der Waals surface area contributed by atoms with Gasteiger partial charge in [0, 0.05) is 25.1 Å². The summed E-state index contributed by atoms with van der Waals surface area (Å²) in [7, 11) is 0. The Kier molecular flexibility index (Phi) is 4.25. The number of rotatable bonds is 5. The molecule has 0 atom stereocenters. The van der Waals surface area contributed by atoms with E-state index >= 15 is 0 Å². The SMILES string of the molecule is NC(=O)c1cnc(NCc2ccccc2-n2cccn2)c(Cl)c1. The third kappa shape index (κ3) is 3.32. The zero-order valence-corrected chi connectivity index (χ0v) is 12.9. The number of nitrogens with two attached hydrogens (primary N) is 1. The highest BCUT2D eigenvalue weighted by atomic mass is 35.5. The Balaban J connectivity index is 1.81. The monoisotopic (exact) mass is 327 g/mol. The molecule has 3 rings (SSSR count). The lowest BCUT2D eigenvalue weighted by Crippen LogP contribution is -2.12.